The Balaban J connectivity index is 1.19. The topological polar surface area (TPSA) is 88.8 Å². The maximum absolute atomic E-state index is 13.1. The number of amides is 1. The number of carbonyl (C=O) groups excluding carboxylic acids is 1. The van der Waals surface area contributed by atoms with Gasteiger partial charge >= 0.3 is 0 Å². The van der Waals surface area contributed by atoms with E-state index in [2.05, 4.69) is 37.1 Å². The number of rotatable bonds is 5. The largest absolute Gasteiger partial charge is 0.355 e. The summed E-state index contributed by atoms with van der Waals surface area (Å²) in [7, 11) is 0. The second-order valence-electron chi connectivity index (χ2n) is 9.31. The lowest BCUT2D eigenvalue weighted by atomic mass is 9.96. The number of piperidine rings is 1. The third-order valence-corrected chi connectivity index (χ3v) is 7.14. The monoisotopic (exact) mass is 443 g/mol. The highest BCUT2D eigenvalue weighted by Gasteiger charge is 2.30. The molecule has 0 saturated carbocycles. The molecule has 170 valence electrons. The van der Waals surface area contributed by atoms with Gasteiger partial charge in [0.05, 0.1) is 12.5 Å². The first-order valence-corrected chi connectivity index (χ1v) is 12.1. The zero-order valence-corrected chi connectivity index (χ0v) is 18.8. The average Bonchev–Trinajstić information content (AvgIpc) is 3.60. The molecule has 1 atom stereocenters. The standard InChI is InChI=1S/C25H29N7O/c33-25(26-15-22-30-29-21-12-6-14-32(21)22)18-9-5-13-31(16-18)24-19-10-4-11-20(19)27-23(28-24)17-7-2-1-3-8-17/h1-3,7-8,18H,4-6,9-16H2,(H,26,33)/t18-/m0/s1. The minimum absolute atomic E-state index is 0.0492. The molecule has 0 radical (unpaired) electrons. The fourth-order valence-corrected chi connectivity index (χ4v) is 5.43. The van der Waals surface area contributed by atoms with Crippen LogP contribution in [0.3, 0.4) is 0 Å². The van der Waals surface area contributed by atoms with Crippen LogP contribution in [0.15, 0.2) is 30.3 Å². The third-order valence-electron chi connectivity index (χ3n) is 7.14. The second-order valence-corrected chi connectivity index (χ2v) is 9.31. The van der Waals surface area contributed by atoms with Gasteiger partial charge in [-0.1, -0.05) is 30.3 Å². The van der Waals surface area contributed by atoms with Gasteiger partial charge in [-0.3, -0.25) is 4.79 Å². The third kappa shape index (κ3) is 3.87. The Kier molecular flexibility index (Phi) is 5.28. The fraction of sp³-hybridized carbons (Fsp3) is 0.480. The number of anilines is 1. The lowest BCUT2D eigenvalue weighted by Crippen LogP contribution is -2.43. The van der Waals surface area contributed by atoms with E-state index in [4.69, 9.17) is 9.97 Å². The zero-order valence-electron chi connectivity index (χ0n) is 18.8. The van der Waals surface area contributed by atoms with Crippen LogP contribution in [0.25, 0.3) is 11.4 Å². The summed E-state index contributed by atoms with van der Waals surface area (Å²) in [5.74, 6) is 3.78. The van der Waals surface area contributed by atoms with E-state index in [1.54, 1.807) is 0 Å². The molecule has 1 amide bonds. The molecule has 1 saturated heterocycles. The first-order chi connectivity index (χ1) is 16.3. The van der Waals surface area contributed by atoms with Crippen molar-refractivity contribution in [1.29, 1.82) is 0 Å². The number of aromatic nitrogens is 5. The smallest absolute Gasteiger partial charge is 0.225 e. The Bertz CT molecular complexity index is 1170. The van der Waals surface area contributed by atoms with E-state index in [-0.39, 0.29) is 11.8 Å². The molecule has 2 aromatic heterocycles. The van der Waals surface area contributed by atoms with Crippen molar-refractivity contribution in [2.24, 2.45) is 5.92 Å². The van der Waals surface area contributed by atoms with Crippen LogP contribution in [0.2, 0.25) is 0 Å². The van der Waals surface area contributed by atoms with Crippen molar-refractivity contribution in [2.75, 3.05) is 18.0 Å². The maximum atomic E-state index is 13.1. The minimum atomic E-state index is -0.0492. The SMILES string of the molecule is O=C(NCc1nnc2n1CCC2)[C@H]1CCCN(c2nc(-c3ccccc3)nc3c2CCC3)C1. The van der Waals surface area contributed by atoms with E-state index in [1.807, 2.05) is 18.2 Å². The number of hydrogen-bond acceptors (Lipinski definition) is 6. The zero-order chi connectivity index (χ0) is 22.2. The van der Waals surface area contributed by atoms with Gasteiger partial charge in [-0.25, -0.2) is 9.97 Å². The van der Waals surface area contributed by atoms with Gasteiger partial charge in [0.15, 0.2) is 11.6 Å². The maximum Gasteiger partial charge on any atom is 0.225 e. The summed E-state index contributed by atoms with van der Waals surface area (Å²) in [4.78, 5) is 25.3. The van der Waals surface area contributed by atoms with Crippen molar-refractivity contribution in [3.63, 3.8) is 0 Å². The lowest BCUT2D eigenvalue weighted by Gasteiger charge is -2.34. The predicted octanol–water partition coefficient (Wildman–Crippen LogP) is 2.70. The molecule has 0 spiro atoms. The molecule has 1 aliphatic carbocycles. The van der Waals surface area contributed by atoms with Crippen LogP contribution in [-0.2, 0) is 37.1 Å². The van der Waals surface area contributed by atoms with E-state index < -0.39 is 0 Å². The van der Waals surface area contributed by atoms with Crippen LogP contribution in [0.1, 0.15) is 48.6 Å². The molecule has 6 rings (SSSR count). The van der Waals surface area contributed by atoms with Gasteiger partial charge in [-0.2, -0.15) is 0 Å². The van der Waals surface area contributed by atoms with Gasteiger partial charge in [0.25, 0.3) is 0 Å². The van der Waals surface area contributed by atoms with E-state index in [0.29, 0.717) is 13.1 Å². The Morgan fingerprint density at radius 2 is 1.91 bits per heavy atom. The number of carbonyl (C=O) groups is 1. The molecule has 8 nitrogen and oxygen atoms in total. The van der Waals surface area contributed by atoms with Crippen molar-refractivity contribution in [3.05, 3.63) is 53.2 Å². The van der Waals surface area contributed by atoms with Gasteiger partial charge in [0, 0.05) is 42.9 Å². The van der Waals surface area contributed by atoms with Gasteiger partial charge in [-0.05, 0) is 38.5 Å². The van der Waals surface area contributed by atoms with Gasteiger partial charge in [-0.15, -0.1) is 10.2 Å². The molecule has 1 N–H and O–H groups in total. The molecule has 3 aliphatic rings. The summed E-state index contributed by atoms with van der Waals surface area (Å²) >= 11 is 0. The Morgan fingerprint density at radius 1 is 1.00 bits per heavy atom. The van der Waals surface area contributed by atoms with Crippen LogP contribution in [-0.4, -0.2) is 43.7 Å². The number of aryl methyl sites for hydroxylation is 2. The van der Waals surface area contributed by atoms with Crippen molar-refractivity contribution in [2.45, 2.75) is 58.0 Å². The quantitative estimate of drug-likeness (QED) is 0.652. The molecule has 0 bridgehead atoms. The molecule has 8 heteroatoms. The second kappa shape index (κ2) is 8.57. The van der Waals surface area contributed by atoms with Gasteiger partial charge in [0.1, 0.15) is 11.6 Å². The number of hydrogen-bond donors (Lipinski definition) is 1. The highest BCUT2D eigenvalue weighted by atomic mass is 16.1. The van der Waals surface area contributed by atoms with Crippen LogP contribution in [0.4, 0.5) is 5.82 Å². The number of benzene rings is 1. The summed E-state index contributed by atoms with van der Waals surface area (Å²) < 4.78 is 2.14. The number of fused-ring (bicyclic) bond motifs is 2. The molecule has 2 aliphatic heterocycles. The minimum Gasteiger partial charge on any atom is -0.355 e. The summed E-state index contributed by atoms with van der Waals surface area (Å²) in [6.07, 6.45) is 7.12. The van der Waals surface area contributed by atoms with Crippen molar-refractivity contribution >= 4 is 11.7 Å². The highest BCUT2D eigenvalue weighted by Crippen LogP contribution is 2.33. The molecule has 33 heavy (non-hydrogen) atoms. The van der Waals surface area contributed by atoms with Gasteiger partial charge < -0.3 is 14.8 Å². The molecule has 1 aromatic carbocycles. The first-order valence-electron chi connectivity index (χ1n) is 12.1. The van der Waals surface area contributed by atoms with Crippen LogP contribution >= 0.6 is 0 Å². The Hall–Kier alpha value is -3.29. The van der Waals surface area contributed by atoms with Crippen molar-refractivity contribution in [3.8, 4) is 11.4 Å². The van der Waals surface area contributed by atoms with E-state index in [0.717, 1.165) is 86.9 Å². The number of nitrogens with zero attached hydrogens (tertiary/aromatic N) is 6. The van der Waals surface area contributed by atoms with E-state index in [9.17, 15) is 4.79 Å². The predicted molar refractivity (Wildman–Crippen MR) is 125 cm³/mol. The molecule has 1 fully saturated rings. The Morgan fingerprint density at radius 3 is 2.82 bits per heavy atom. The first kappa shape index (κ1) is 20.3. The molecular weight excluding hydrogens is 414 g/mol. The van der Waals surface area contributed by atoms with E-state index in [1.165, 1.54) is 11.3 Å². The summed E-state index contributed by atoms with van der Waals surface area (Å²) in [6, 6.07) is 10.2. The highest BCUT2D eigenvalue weighted by molar-refractivity contribution is 5.79. The summed E-state index contributed by atoms with van der Waals surface area (Å²) in [6.45, 7) is 3.03. The lowest BCUT2D eigenvalue weighted by molar-refractivity contribution is -0.125. The van der Waals surface area contributed by atoms with Crippen LogP contribution in [0, 0.1) is 5.92 Å². The number of nitrogens with one attached hydrogen (secondary N) is 1. The molecular formula is C25H29N7O. The van der Waals surface area contributed by atoms with Gasteiger partial charge in [0.2, 0.25) is 5.91 Å². The Labute approximate surface area is 193 Å². The summed E-state index contributed by atoms with van der Waals surface area (Å²) in [5.41, 5.74) is 3.49. The molecule has 0 unspecified atom stereocenters. The van der Waals surface area contributed by atoms with Crippen LogP contribution in [0.5, 0.6) is 0 Å². The van der Waals surface area contributed by atoms with E-state index >= 15 is 0 Å². The molecule has 3 aromatic rings. The van der Waals surface area contributed by atoms with Crippen LogP contribution < -0.4 is 10.2 Å². The fourth-order valence-electron chi connectivity index (χ4n) is 5.43. The average molecular weight is 444 g/mol. The van der Waals surface area contributed by atoms with Crippen molar-refractivity contribution < 1.29 is 4.79 Å². The molecule has 4 heterocycles. The summed E-state index contributed by atoms with van der Waals surface area (Å²) in [5, 5.41) is 11.6. The normalized spacial score (nSPS) is 19.4. The van der Waals surface area contributed by atoms with Crippen molar-refractivity contribution in [1.82, 2.24) is 30.0 Å².